The predicted molar refractivity (Wildman–Crippen MR) is 160 cm³/mol. The molecule has 13 heteroatoms. The van der Waals surface area contributed by atoms with Gasteiger partial charge in [0.05, 0.1) is 24.4 Å². The summed E-state index contributed by atoms with van der Waals surface area (Å²) in [5, 5.41) is 0. The topological polar surface area (TPSA) is 119 Å². The lowest BCUT2D eigenvalue weighted by Gasteiger charge is -2.22. The van der Waals surface area contributed by atoms with Gasteiger partial charge in [-0.2, -0.15) is 0 Å². The molecule has 1 aromatic carbocycles. The Morgan fingerprint density at radius 2 is 1.86 bits per heavy atom. The first kappa shape index (κ1) is 30.9. The second-order valence-corrected chi connectivity index (χ2v) is 10.7. The fourth-order valence-corrected chi connectivity index (χ4v) is 5.52. The first-order chi connectivity index (χ1) is 21.2. The summed E-state index contributed by atoms with van der Waals surface area (Å²) < 4.78 is 35.2. The van der Waals surface area contributed by atoms with Crippen LogP contribution in [0.1, 0.15) is 54.1 Å². The van der Waals surface area contributed by atoms with Crippen molar-refractivity contribution in [3.05, 3.63) is 85.7 Å². The van der Waals surface area contributed by atoms with Gasteiger partial charge in [0.1, 0.15) is 11.6 Å². The molecule has 3 aromatic rings. The number of likely N-dealkylation sites (tertiary alicyclic amines) is 1. The first-order valence-electron chi connectivity index (χ1n) is 14.7. The molecule has 4 heterocycles. The van der Waals surface area contributed by atoms with Crippen LogP contribution in [0.2, 0.25) is 0 Å². The maximum Gasteiger partial charge on any atom is 0.332 e. The molecule has 0 aliphatic carbocycles. The van der Waals surface area contributed by atoms with Gasteiger partial charge < -0.3 is 9.64 Å². The molecule has 2 aromatic heterocycles. The third kappa shape index (κ3) is 6.23. The number of anilines is 1. The molecular weight excluding hydrogens is 574 g/mol. The zero-order valence-electron chi connectivity index (χ0n) is 24.7. The van der Waals surface area contributed by atoms with Gasteiger partial charge >= 0.3 is 5.69 Å². The highest BCUT2D eigenvalue weighted by atomic mass is 19.2. The van der Waals surface area contributed by atoms with E-state index < -0.39 is 28.8 Å². The van der Waals surface area contributed by atoms with Crippen molar-refractivity contribution in [1.82, 2.24) is 19.0 Å². The standard InChI is InChI=1S/C31H34F2N6O5/c1-3-11-38-28-22(30(42)39(31(38)43)14-5-13-36-12-4-6-27(36)40)18-25(35-28)21-8-10-26(34-19-21)37(15-16-44-2)29(41)20-7-9-23(32)24(33)17-20/h7-10,17,19H,3-6,11-16,18H2,1-2H3. The molecule has 0 radical (unpaired) electrons. The number of fused-ring (bicyclic) bond motifs is 1. The van der Waals surface area contributed by atoms with E-state index in [-0.39, 0.29) is 43.4 Å². The Morgan fingerprint density at radius 3 is 2.52 bits per heavy atom. The Balaban J connectivity index is 1.39. The number of ether oxygens (including phenoxy) is 1. The second-order valence-electron chi connectivity index (χ2n) is 10.7. The van der Waals surface area contributed by atoms with Gasteiger partial charge in [-0.25, -0.2) is 23.6 Å². The zero-order valence-corrected chi connectivity index (χ0v) is 24.7. The average Bonchev–Trinajstić information content (AvgIpc) is 3.65. The lowest BCUT2D eigenvalue weighted by Crippen LogP contribution is -2.42. The summed E-state index contributed by atoms with van der Waals surface area (Å²) in [6.07, 6.45) is 4.24. The normalized spacial score (nSPS) is 14.2. The quantitative estimate of drug-likeness (QED) is 0.312. The number of aromatic nitrogens is 3. The third-order valence-corrected chi connectivity index (χ3v) is 7.79. The molecule has 11 nitrogen and oxygen atoms in total. The van der Waals surface area contributed by atoms with Crippen molar-refractivity contribution >= 4 is 29.2 Å². The number of halogens is 2. The van der Waals surface area contributed by atoms with Crippen LogP contribution in [0.5, 0.6) is 0 Å². The molecule has 0 bridgehead atoms. The molecule has 2 aliphatic heterocycles. The molecule has 232 valence electrons. The molecule has 1 saturated heterocycles. The summed E-state index contributed by atoms with van der Waals surface area (Å²) >= 11 is 0. The molecule has 0 atom stereocenters. The predicted octanol–water partition coefficient (Wildman–Crippen LogP) is 3.08. The number of carbonyl (C=O) groups excluding carboxylic acids is 2. The van der Waals surface area contributed by atoms with Gasteiger partial charge in [-0.15, -0.1) is 0 Å². The number of methoxy groups -OCH3 is 1. The highest BCUT2D eigenvalue weighted by molar-refractivity contribution is 6.07. The number of aliphatic imine (C=N–C) groups is 1. The fourth-order valence-electron chi connectivity index (χ4n) is 5.52. The third-order valence-electron chi connectivity index (χ3n) is 7.79. The zero-order chi connectivity index (χ0) is 31.4. The average molecular weight is 609 g/mol. The van der Waals surface area contributed by atoms with E-state index in [0.717, 1.165) is 18.6 Å². The van der Waals surface area contributed by atoms with Gasteiger partial charge in [-0.1, -0.05) is 6.92 Å². The molecule has 1 fully saturated rings. The maximum absolute atomic E-state index is 13.8. The largest absolute Gasteiger partial charge is 0.383 e. The summed E-state index contributed by atoms with van der Waals surface area (Å²) in [6, 6.07) is 6.24. The van der Waals surface area contributed by atoms with Crippen LogP contribution in [0.15, 0.2) is 51.1 Å². The van der Waals surface area contributed by atoms with Gasteiger partial charge in [-0.3, -0.25) is 28.4 Å². The van der Waals surface area contributed by atoms with E-state index >= 15 is 0 Å². The van der Waals surface area contributed by atoms with E-state index in [4.69, 9.17) is 4.74 Å². The Bertz CT molecular complexity index is 1720. The minimum absolute atomic E-state index is 0.0429. The van der Waals surface area contributed by atoms with Crippen molar-refractivity contribution in [1.29, 1.82) is 0 Å². The van der Waals surface area contributed by atoms with E-state index in [9.17, 15) is 28.0 Å². The summed E-state index contributed by atoms with van der Waals surface area (Å²) in [4.78, 5) is 64.2. The number of hydrogen-bond donors (Lipinski definition) is 0. The van der Waals surface area contributed by atoms with Gasteiger partial charge in [0, 0.05) is 63.5 Å². The van der Waals surface area contributed by atoms with Crippen LogP contribution in [0.4, 0.5) is 20.4 Å². The van der Waals surface area contributed by atoms with Crippen molar-refractivity contribution in [3.63, 3.8) is 0 Å². The van der Waals surface area contributed by atoms with E-state index in [0.29, 0.717) is 61.6 Å². The highest BCUT2D eigenvalue weighted by Crippen LogP contribution is 2.26. The SMILES string of the molecule is CCCn1c2c(c(=O)n(CCCN3CCCC3=O)c1=O)CC(c1ccc(N(CCOC)C(=O)c3ccc(F)c(F)c3)nc1)=N2. The van der Waals surface area contributed by atoms with Crippen LogP contribution in [-0.4, -0.2) is 69.9 Å². The van der Waals surface area contributed by atoms with Crippen molar-refractivity contribution in [2.24, 2.45) is 4.99 Å². The summed E-state index contributed by atoms with van der Waals surface area (Å²) in [7, 11) is 1.48. The van der Waals surface area contributed by atoms with Crippen molar-refractivity contribution < 1.29 is 23.1 Å². The lowest BCUT2D eigenvalue weighted by molar-refractivity contribution is -0.127. The van der Waals surface area contributed by atoms with Crippen LogP contribution < -0.4 is 16.1 Å². The summed E-state index contributed by atoms with van der Waals surface area (Å²) in [6.45, 7) is 4.01. The Hall–Kier alpha value is -4.52. The molecule has 0 unspecified atom stereocenters. The van der Waals surface area contributed by atoms with Gasteiger partial charge in [0.2, 0.25) is 5.91 Å². The minimum atomic E-state index is -1.13. The van der Waals surface area contributed by atoms with E-state index in [2.05, 4.69) is 9.98 Å². The van der Waals surface area contributed by atoms with Crippen LogP contribution >= 0.6 is 0 Å². The molecule has 0 saturated carbocycles. The summed E-state index contributed by atoms with van der Waals surface area (Å²) in [5.74, 6) is -2.07. The summed E-state index contributed by atoms with van der Waals surface area (Å²) in [5.41, 5.74) is 0.716. The van der Waals surface area contributed by atoms with Crippen LogP contribution in [0, 0.1) is 11.6 Å². The second kappa shape index (κ2) is 13.4. The molecule has 2 aliphatic rings. The molecule has 0 N–H and O–H groups in total. The number of carbonyl (C=O) groups is 2. The monoisotopic (exact) mass is 608 g/mol. The van der Waals surface area contributed by atoms with E-state index in [1.807, 2.05) is 6.92 Å². The van der Waals surface area contributed by atoms with E-state index in [1.165, 1.54) is 33.4 Å². The Labute approximate surface area is 252 Å². The Morgan fingerprint density at radius 1 is 1.05 bits per heavy atom. The highest BCUT2D eigenvalue weighted by Gasteiger charge is 2.27. The van der Waals surface area contributed by atoms with Crippen LogP contribution in [-0.2, 0) is 29.0 Å². The smallest absolute Gasteiger partial charge is 0.332 e. The molecule has 44 heavy (non-hydrogen) atoms. The molecule has 5 rings (SSSR count). The lowest BCUT2D eigenvalue weighted by atomic mass is 10.1. The van der Waals surface area contributed by atoms with Gasteiger partial charge in [0.25, 0.3) is 11.5 Å². The molecule has 2 amide bonds. The number of pyridine rings is 1. The minimum Gasteiger partial charge on any atom is -0.383 e. The van der Waals surface area contributed by atoms with Crippen LogP contribution in [0.3, 0.4) is 0 Å². The van der Waals surface area contributed by atoms with Gasteiger partial charge in [0.15, 0.2) is 11.6 Å². The van der Waals surface area contributed by atoms with Crippen LogP contribution in [0.25, 0.3) is 0 Å². The van der Waals surface area contributed by atoms with Crippen molar-refractivity contribution in [2.75, 3.05) is 38.3 Å². The van der Waals surface area contributed by atoms with Crippen molar-refractivity contribution in [2.45, 2.75) is 52.1 Å². The maximum atomic E-state index is 13.8. The first-order valence-corrected chi connectivity index (χ1v) is 14.7. The fraction of sp³-hybridized carbons (Fsp3) is 0.419. The number of hydrogen-bond acceptors (Lipinski definition) is 7. The number of amides is 2. The number of nitrogens with zero attached hydrogens (tertiary/aromatic N) is 6. The Kier molecular flexibility index (Phi) is 9.43. The van der Waals surface area contributed by atoms with E-state index in [1.54, 1.807) is 17.0 Å². The molecule has 0 spiro atoms. The van der Waals surface area contributed by atoms with Gasteiger partial charge in [-0.05, 0) is 49.6 Å². The molecular formula is C31H34F2N6O5. The number of benzene rings is 1. The van der Waals surface area contributed by atoms with Crippen molar-refractivity contribution in [3.8, 4) is 0 Å². The number of rotatable bonds is 12.